The molecule has 6 nitrogen and oxygen atoms in total. The number of rotatable bonds is 3. The Balaban J connectivity index is 1.84. The van der Waals surface area contributed by atoms with Gasteiger partial charge in [0.2, 0.25) is 0 Å². The quantitative estimate of drug-likeness (QED) is 0.511. The third-order valence-electron chi connectivity index (χ3n) is 4.99. The maximum atomic E-state index is 10.9. The molecule has 2 aromatic carbocycles. The number of nitro benzene ring substituents is 1. The van der Waals surface area contributed by atoms with Gasteiger partial charge in [-0.3, -0.25) is 10.1 Å². The summed E-state index contributed by atoms with van der Waals surface area (Å²) in [6, 6.07) is 14.9. The Kier molecular flexibility index (Phi) is 4.24. The van der Waals surface area contributed by atoms with Crippen molar-refractivity contribution >= 4 is 22.4 Å². The molecule has 1 aliphatic rings. The highest BCUT2D eigenvalue weighted by molar-refractivity contribution is 5.91. The van der Waals surface area contributed by atoms with Crippen LogP contribution in [0.4, 0.5) is 11.5 Å². The van der Waals surface area contributed by atoms with Crippen LogP contribution < -0.4 is 4.90 Å². The van der Waals surface area contributed by atoms with E-state index < -0.39 is 4.92 Å². The number of piperidine rings is 1. The van der Waals surface area contributed by atoms with E-state index in [9.17, 15) is 10.1 Å². The lowest BCUT2D eigenvalue weighted by Gasteiger charge is -2.35. The molecule has 0 bridgehead atoms. The second kappa shape index (κ2) is 6.71. The third-order valence-corrected chi connectivity index (χ3v) is 4.99. The van der Waals surface area contributed by atoms with Gasteiger partial charge in [0, 0.05) is 35.7 Å². The van der Waals surface area contributed by atoms with Crippen molar-refractivity contribution < 1.29 is 4.92 Å². The maximum absolute atomic E-state index is 10.9. The number of nitrogens with zero attached hydrogens (tertiary/aromatic N) is 4. The van der Waals surface area contributed by atoms with Crippen LogP contribution in [0.1, 0.15) is 26.2 Å². The Bertz CT molecular complexity index is 956. The molecule has 1 fully saturated rings. The predicted molar refractivity (Wildman–Crippen MR) is 102 cm³/mol. The number of aromatic nitrogens is 2. The highest BCUT2D eigenvalue weighted by Gasteiger charge is 2.23. The molecule has 0 aliphatic carbocycles. The Hall–Kier alpha value is -3.02. The Morgan fingerprint density at radius 1 is 1.08 bits per heavy atom. The van der Waals surface area contributed by atoms with Crippen LogP contribution in [0.3, 0.4) is 0 Å². The van der Waals surface area contributed by atoms with Crippen molar-refractivity contribution in [3.8, 4) is 11.4 Å². The van der Waals surface area contributed by atoms with E-state index in [1.807, 2.05) is 18.2 Å². The molecule has 6 heteroatoms. The molecule has 4 rings (SSSR count). The summed E-state index contributed by atoms with van der Waals surface area (Å²) in [6.07, 6.45) is 3.57. The molecule has 1 atom stereocenters. The second-order valence-corrected chi connectivity index (χ2v) is 6.73. The van der Waals surface area contributed by atoms with Crippen molar-refractivity contribution in [2.24, 2.45) is 0 Å². The number of non-ortho nitro benzene ring substituents is 1. The molecular weight excluding hydrogens is 328 g/mol. The van der Waals surface area contributed by atoms with Crippen LogP contribution in [0.5, 0.6) is 0 Å². The summed E-state index contributed by atoms with van der Waals surface area (Å²) >= 11 is 0. The minimum atomic E-state index is -0.397. The first-order chi connectivity index (χ1) is 12.6. The Morgan fingerprint density at radius 2 is 1.85 bits per heavy atom. The fourth-order valence-corrected chi connectivity index (χ4v) is 3.55. The highest BCUT2D eigenvalue weighted by atomic mass is 16.6. The van der Waals surface area contributed by atoms with Crippen molar-refractivity contribution in [1.82, 2.24) is 9.97 Å². The second-order valence-electron chi connectivity index (χ2n) is 6.73. The number of para-hydroxylation sites is 1. The number of fused-ring (bicyclic) bond motifs is 1. The van der Waals surface area contributed by atoms with Gasteiger partial charge in [-0.05, 0) is 50.5 Å². The van der Waals surface area contributed by atoms with Crippen LogP contribution in [0, 0.1) is 10.1 Å². The van der Waals surface area contributed by atoms with Crippen LogP contribution >= 0.6 is 0 Å². The summed E-state index contributed by atoms with van der Waals surface area (Å²) in [7, 11) is 0. The average Bonchev–Trinajstić information content (AvgIpc) is 2.68. The first-order valence-electron chi connectivity index (χ1n) is 8.92. The molecule has 0 saturated carbocycles. The fourth-order valence-electron chi connectivity index (χ4n) is 3.55. The first kappa shape index (κ1) is 16.4. The molecular formula is C20H20N4O2. The minimum Gasteiger partial charge on any atom is -0.353 e. The molecule has 0 spiro atoms. The smallest absolute Gasteiger partial charge is 0.269 e. The van der Waals surface area contributed by atoms with Gasteiger partial charge in [-0.25, -0.2) is 9.97 Å². The van der Waals surface area contributed by atoms with Crippen molar-refractivity contribution in [2.75, 3.05) is 11.4 Å². The zero-order chi connectivity index (χ0) is 18.1. The van der Waals surface area contributed by atoms with E-state index >= 15 is 0 Å². The zero-order valence-corrected chi connectivity index (χ0v) is 14.6. The van der Waals surface area contributed by atoms with Gasteiger partial charge in [0.1, 0.15) is 5.82 Å². The minimum absolute atomic E-state index is 0.0689. The number of hydrogen-bond acceptors (Lipinski definition) is 5. The van der Waals surface area contributed by atoms with Crippen LogP contribution in [-0.4, -0.2) is 27.5 Å². The van der Waals surface area contributed by atoms with Gasteiger partial charge < -0.3 is 4.90 Å². The number of anilines is 1. The van der Waals surface area contributed by atoms with E-state index in [0.717, 1.165) is 41.7 Å². The van der Waals surface area contributed by atoms with E-state index in [1.165, 1.54) is 18.6 Å². The fraction of sp³-hybridized carbons (Fsp3) is 0.300. The number of hydrogen-bond donors (Lipinski definition) is 0. The van der Waals surface area contributed by atoms with Crippen molar-refractivity contribution in [3.63, 3.8) is 0 Å². The highest BCUT2D eigenvalue weighted by Crippen LogP contribution is 2.31. The summed E-state index contributed by atoms with van der Waals surface area (Å²) in [6.45, 7) is 3.23. The SMILES string of the molecule is C[C@@H]1CCCCN1c1nc(-c2ccc([N+](=O)[O-])cc2)nc2ccccc12. The van der Waals surface area contributed by atoms with E-state index in [1.54, 1.807) is 12.1 Å². The third kappa shape index (κ3) is 2.98. The largest absolute Gasteiger partial charge is 0.353 e. The summed E-state index contributed by atoms with van der Waals surface area (Å²) in [5.41, 5.74) is 1.75. The molecule has 0 radical (unpaired) electrons. The van der Waals surface area contributed by atoms with E-state index in [0.29, 0.717) is 11.9 Å². The molecule has 2 heterocycles. The van der Waals surface area contributed by atoms with Crippen LogP contribution in [0.2, 0.25) is 0 Å². The summed E-state index contributed by atoms with van der Waals surface area (Å²) in [4.78, 5) is 22.4. The van der Waals surface area contributed by atoms with Gasteiger partial charge in [0.15, 0.2) is 5.82 Å². The molecule has 1 saturated heterocycles. The Labute approximate surface area is 151 Å². The van der Waals surface area contributed by atoms with Crippen LogP contribution in [0.15, 0.2) is 48.5 Å². The van der Waals surface area contributed by atoms with Crippen molar-refractivity contribution in [1.29, 1.82) is 0 Å². The van der Waals surface area contributed by atoms with E-state index in [4.69, 9.17) is 9.97 Å². The lowest BCUT2D eigenvalue weighted by Crippen LogP contribution is -2.38. The van der Waals surface area contributed by atoms with Crippen molar-refractivity contribution in [2.45, 2.75) is 32.2 Å². The standard InChI is InChI=1S/C20H20N4O2/c1-14-6-4-5-13-23(14)20-17-7-2-3-8-18(17)21-19(22-20)15-9-11-16(12-10-15)24(25)26/h2-3,7-12,14H,4-6,13H2,1H3/t14-/m1/s1. The molecule has 26 heavy (non-hydrogen) atoms. The molecule has 1 aromatic heterocycles. The van der Waals surface area contributed by atoms with Crippen LogP contribution in [0.25, 0.3) is 22.3 Å². The lowest BCUT2D eigenvalue weighted by atomic mass is 10.0. The van der Waals surface area contributed by atoms with Gasteiger partial charge in [0.05, 0.1) is 10.4 Å². The molecule has 132 valence electrons. The Morgan fingerprint density at radius 3 is 2.58 bits per heavy atom. The first-order valence-corrected chi connectivity index (χ1v) is 8.92. The molecule has 3 aromatic rings. The molecule has 0 N–H and O–H groups in total. The monoisotopic (exact) mass is 348 g/mol. The lowest BCUT2D eigenvalue weighted by molar-refractivity contribution is -0.384. The summed E-state index contributed by atoms with van der Waals surface area (Å²) < 4.78 is 0. The predicted octanol–water partition coefficient (Wildman–Crippen LogP) is 4.58. The molecule has 1 aliphatic heterocycles. The summed E-state index contributed by atoms with van der Waals surface area (Å²) in [5, 5.41) is 11.9. The average molecular weight is 348 g/mol. The van der Waals surface area contributed by atoms with Gasteiger partial charge >= 0.3 is 0 Å². The van der Waals surface area contributed by atoms with E-state index in [2.05, 4.69) is 17.9 Å². The number of benzene rings is 2. The molecule has 0 unspecified atom stereocenters. The summed E-state index contributed by atoms with van der Waals surface area (Å²) in [5.74, 6) is 1.56. The normalized spacial score (nSPS) is 17.4. The van der Waals surface area contributed by atoms with Crippen LogP contribution in [-0.2, 0) is 0 Å². The maximum Gasteiger partial charge on any atom is 0.269 e. The topological polar surface area (TPSA) is 72.2 Å². The van der Waals surface area contributed by atoms with Gasteiger partial charge in [-0.15, -0.1) is 0 Å². The molecule has 0 amide bonds. The van der Waals surface area contributed by atoms with Gasteiger partial charge in [-0.1, -0.05) is 12.1 Å². The van der Waals surface area contributed by atoms with E-state index in [-0.39, 0.29) is 5.69 Å². The number of nitro groups is 1. The van der Waals surface area contributed by atoms with Gasteiger partial charge in [-0.2, -0.15) is 0 Å². The van der Waals surface area contributed by atoms with Gasteiger partial charge in [0.25, 0.3) is 5.69 Å². The van der Waals surface area contributed by atoms with Crippen molar-refractivity contribution in [3.05, 3.63) is 58.6 Å². The zero-order valence-electron chi connectivity index (χ0n) is 14.6.